The maximum Gasteiger partial charge on any atom is 0.319 e. The Balaban J connectivity index is 1.45. The Hall–Kier alpha value is -3.14. The summed E-state index contributed by atoms with van der Waals surface area (Å²) < 4.78 is 13.2. The number of aryl methyl sites for hydroxylation is 1. The van der Waals surface area contributed by atoms with Crippen molar-refractivity contribution < 1.29 is 9.47 Å². The first kappa shape index (κ1) is 24.9. The largest absolute Gasteiger partial charge is 0.487 e. The number of piperazine rings is 1. The zero-order valence-electron chi connectivity index (χ0n) is 22.5. The highest BCUT2D eigenvalue weighted by Crippen LogP contribution is 2.47. The lowest BCUT2D eigenvalue weighted by atomic mass is 9.95. The normalized spacial score (nSPS) is 19.2. The summed E-state index contributed by atoms with van der Waals surface area (Å²) in [6.07, 6.45) is 6.11. The van der Waals surface area contributed by atoms with Gasteiger partial charge in [0.1, 0.15) is 17.4 Å². The highest BCUT2D eigenvalue weighted by molar-refractivity contribution is 6.37. The maximum absolute atomic E-state index is 7.15. The monoisotopic (exact) mass is 547 g/mol. The minimum Gasteiger partial charge on any atom is -0.487 e. The van der Waals surface area contributed by atoms with Gasteiger partial charge < -0.3 is 24.6 Å². The van der Waals surface area contributed by atoms with E-state index in [0.29, 0.717) is 11.0 Å². The van der Waals surface area contributed by atoms with Crippen LogP contribution in [0.5, 0.6) is 11.8 Å². The number of rotatable bonds is 6. The number of hydrogen-bond donors (Lipinski definition) is 2. The first-order chi connectivity index (χ1) is 19.0. The fourth-order valence-electron chi connectivity index (χ4n) is 5.76. The number of likely N-dealkylation sites (tertiary alicyclic amines) is 1. The molecule has 2 saturated heterocycles. The van der Waals surface area contributed by atoms with E-state index in [1.807, 2.05) is 12.3 Å². The van der Waals surface area contributed by atoms with Crippen LogP contribution < -0.4 is 19.7 Å². The summed E-state index contributed by atoms with van der Waals surface area (Å²) in [5.74, 6) is 1.57. The smallest absolute Gasteiger partial charge is 0.319 e. The number of aromatic amines is 1. The van der Waals surface area contributed by atoms with Crippen LogP contribution in [-0.4, -0.2) is 83.6 Å². The van der Waals surface area contributed by atoms with Crippen LogP contribution in [0, 0.1) is 6.92 Å². The second-order valence-corrected chi connectivity index (χ2v) is 11.5. The molecular formula is C29H34ClN7O2. The summed E-state index contributed by atoms with van der Waals surface area (Å²) in [6, 6.07) is 6.60. The van der Waals surface area contributed by atoms with E-state index in [0.717, 1.165) is 115 Å². The maximum atomic E-state index is 7.15. The molecule has 4 heterocycles. The van der Waals surface area contributed by atoms with Crippen LogP contribution in [0.3, 0.4) is 0 Å². The molecule has 10 heteroatoms. The van der Waals surface area contributed by atoms with Crippen molar-refractivity contribution >= 4 is 39.2 Å². The van der Waals surface area contributed by atoms with Crippen molar-refractivity contribution in [1.29, 1.82) is 0 Å². The van der Waals surface area contributed by atoms with Gasteiger partial charge in [-0.3, -0.25) is 5.10 Å². The van der Waals surface area contributed by atoms with Crippen molar-refractivity contribution in [3.8, 4) is 22.9 Å². The van der Waals surface area contributed by atoms with Gasteiger partial charge in [0, 0.05) is 50.2 Å². The summed E-state index contributed by atoms with van der Waals surface area (Å²) in [5, 5.41) is 13.3. The predicted octanol–water partition coefficient (Wildman–Crippen LogP) is 4.56. The number of nitrogens with zero attached hydrogens (tertiary/aromatic N) is 5. The molecule has 204 valence electrons. The minimum absolute atomic E-state index is 0.0860. The number of anilines is 1. The van der Waals surface area contributed by atoms with Gasteiger partial charge in [-0.05, 0) is 62.9 Å². The van der Waals surface area contributed by atoms with E-state index in [4.69, 9.17) is 31.0 Å². The van der Waals surface area contributed by atoms with Crippen LogP contribution in [0.4, 0.5) is 5.82 Å². The molecule has 0 unspecified atom stereocenters. The van der Waals surface area contributed by atoms with Crippen LogP contribution in [0.1, 0.15) is 31.2 Å². The summed E-state index contributed by atoms with van der Waals surface area (Å²) >= 11 is 7.15. The molecule has 2 aromatic carbocycles. The molecule has 1 saturated carbocycles. The molecule has 2 aliphatic heterocycles. The fraction of sp³-hybridized carbons (Fsp3) is 0.483. The molecule has 1 aliphatic carbocycles. The quantitative estimate of drug-likeness (QED) is 0.363. The van der Waals surface area contributed by atoms with E-state index >= 15 is 0 Å². The molecule has 0 bridgehead atoms. The molecule has 7 rings (SSSR count). The highest BCUT2D eigenvalue weighted by atomic mass is 35.5. The number of H-pyrrole nitrogens is 1. The molecule has 2 aromatic heterocycles. The van der Waals surface area contributed by atoms with Gasteiger partial charge in [0.15, 0.2) is 5.75 Å². The molecule has 39 heavy (non-hydrogen) atoms. The zero-order chi connectivity index (χ0) is 26.5. The van der Waals surface area contributed by atoms with Gasteiger partial charge in [0.2, 0.25) is 0 Å². The molecule has 4 aromatic rings. The first-order valence-electron chi connectivity index (χ1n) is 14.0. The molecule has 0 amide bonds. The van der Waals surface area contributed by atoms with E-state index in [9.17, 15) is 0 Å². The van der Waals surface area contributed by atoms with Crippen LogP contribution in [0.15, 0.2) is 24.4 Å². The average Bonchev–Trinajstić information content (AvgIpc) is 3.65. The number of aromatic nitrogens is 4. The van der Waals surface area contributed by atoms with Crippen molar-refractivity contribution in [2.24, 2.45) is 0 Å². The van der Waals surface area contributed by atoms with E-state index in [-0.39, 0.29) is 12.2 Å². The number of hydrogen-bond acceptors (Lipinski definition) is 8. The van der Waals surface area contributed by atoms with E-state index < -0.39 is 0 Å². The van der Waals surface area contributed by atoms with Crippen molar-refractivity contribution in [3.63, 3.8) is 0 Å². The topological polar surface area (TPSA) is 91.4 Å². The van der Waals surface area contributed by atoms with Crippen LogP contribution in [0.2, 0.25) is 5.02 Å². The van der Waals surface area contributed by atoms with Crippen molar-refractivity contribution in [3.05, 3.63) is 35.0 Å². The number of ether oxygens (including phenoxy) is 2. The molecular weight excluding hydrogens is 514 g/mol. The van der Waals surface area contributed by atoms with Gasteiger partial charge in [0.05, 0.1) is 28.2 Å². The zero-order valence-corrected chi connectivity index (χ0v) is 23.2. The minimum atomic E-state index is 0.0860. The van der Waals surface area contributed by atoms with E-state index in [1.165, 1.54) is 0 Å². The van der Waals surface area contributed by atoms with Gasteiger partial charge in [-0.25, -0.2) is 0 Å². The standard InChI is InChI=1S/C29H34ClN7O2/c1-17-3-6-23-21(16-32-35-23)24(17)20-15-22(30)25-26(27(20)38-18-4-5-18)33-29(39-19-7-11-36(2)12-8-19)34-28(25)37-13-9-31-10-14-37/h3,6,15-16,18-19,31H,4-5,7-14H2,1-2H3,(H,32,35). The third-order valence-corrected chi connectivity index (χ3v) is 8.40. The summed E-state index contributed by atoms with van der Waals surface area (Å²) in [7, 11) is 2.15. The van der Waals surface area contributed by atoms with E-state index in [2.05, 4.69) is 51.4 Å². The van der Waals surface area contributed by atoms with Gasteiger partial charge in [-0.2, -0.15) is 15.1 Å². The number of piperidine rings is 1. The number of halogens is 1. The average molecular weight is 548 g/mol. The second kappa shape index (κ2) is 10.1. The van der Waals surface area contributed by atoms with Crippen LogP contribution >= 0.6 is 11.6 Å². The Morgan fingerprint density at radius 2 is 1.74 bits per heavy atom. The highest BCUT2D eigenvalue weighted by Gasteiger charge is 2.31. The van der Waals surface area contributed by atoms with E-state index in [1.54, 1.807) is 0 Å². The molecule has 2 N–H and O–H groups in total. The Bertz CT molecular complexity index is 1520. The summed E-state index contributed by atoms with van der Waals surface area (Å²) in [5.41, 5.74) is 4.80. The lowest BCUT2D eigenvalue weighted by Crippen LogP contribution is -2.44. The van der Waals surface area contributed by atoms with Gasteiger partial charge >= 0.3 is 6.01 Å². The third-order valence-electron chi connectivity index (χ3n) is 8.10. The Morgan fingerprint density at radius 3 is 2.51 bits per heavy atom. The molecule has 9 nitrogen and oxygen atoms in total. The van der Waals surface area contributed by atoms with Crippen LogP contribution in [-0.2, 0) is 0 Å². The number of nitrogens with one attached hydrogen (secondary N) is 2. The molecule has 3 fully saturated rings. The van der Waals surface area contributed by atoms with Crippen molar-refractivity contribution in [2.45, 2.75) is 44.8 Å². The van der Waals surface area contributed by atoms with Gasteiger partial charge in [-0.1, -0.05) is 17.7 Å². The lowest BCUT2D eigenvalue weighted by molar-refractivity contribution is 0.105. The number of fused-ring (bicyclic) bond motifs is 2. The summed E-state index contributed by atoms with van der Waals surface area (Å²) in [4.78, 5) is 14.7. The molecule has 0 atom stereocenters. The molecule has 3 aliphatic rings. The second-order valence-electron chi connectivity index (χ2n) is 11.1. The first-order valence-corrected chi connectivity index (χ1v) is 14.4. The lowest BCUT2D eigenvalue weighted by Gasteiger charge is -2.31. The van der Waals surface area contributed by atoms with Crippen LogP contribution in [0.25, 0.3) is 32.9 Å². The SMILES string of the molecule is Cc1ccc2[nH]ncc2c1-c1cc(Cl)c2c(N3CCNCC3)nc(OC3CCN(C)CC3)nc2c1OC1CC1. The predicted molar refractivity (Wildman–Crippen MR) is 154 cm³/mol. The Labute approximate surface area is 232 Å². The van der Waals surface area contributed by atoms with Gasteiger partial charge in [0.25, 0.3) is 0 Å². The van der Waals surface area contributed by atoms with Gasteiger partial charge in [-0.15, -0.1) is 0 Å². The summed E-state index contributed by atoms with van der Waals surface area (Å²) in [6.45, 7) is 7.57. The molecule has 0 radical (unpaired) electrons. The van der Waals surface area contributed by atoms with Crippen molar-refractivity contribution in [1.82, 2.24) is 30.4 Å². The molecule has 0 spiro atoms. The Kier molecular flexibility index (Phi) is 6.45. The van der Waals surface area contributed by atoms with Crippen molar-refractivity contribution in [2.75, 3.05) is 51.2 Å². The Morgan fingerprint density at radius 1 is 0.974 bits per heavy atom. The number of benzene rings is 2. The third kappa shape index (κ3) is 4.77. The fourth-order valence-corrected chi connectivity index (χ4v) is 6.04.